The van der Waals surface area contributed by atoms with Gasteiger partial charge in [0.05, 0.1) is 5.56 Å². The highest BCUT2D eigenvalue weighted by molar-refractivity contribution is 7.80. The average Bonchev–Trinajstić information content (AvgIpc) is 2.06. The topological polar surface area (TPSA) is 80.4 Å². The van der Waals surface area contributed by atoms with Crippen molar-refractivity contribution in [1.82, 2.24) is 4.98 Å². The third kappa shape index (κ3) is 1.18. The van der Waals surface area contributed by atoms with Crippen LogP contribution in [0.5, 0.6) is 0 Å². The second-order valence-corrected chi connectivity index (χ2v) is 2.43. The molecule has 0 spiro atoms. The van der Waals surface area contributed by atoms with E-state index in [4.69, 9.17) is 10.5 Å². The summed E-state index contributed by atoms with van der Waals surface area (Å²) in [5.41, 5.74) is -0.464. The number of aromatic amines is 1. The van der Waals surface area contributed by atoms with Crippen LogP contribution in [-0.2, 0) is 0 Å². The molecular weight excluding hydrogens is 174 g/mol. The van der Waals surface area contributed by atoms with Gasteiger partial charge in [-0.05, 0) is 0 Å². The lowest BCUT2D eigenvalue weighted by atomic mass is 10.2. The van der Waals surface area contributed by atoms with Gasteiger partial charge in [-0.3, -0.25) is 4.79 Å². The van der Waals surface area contributed by atoms with Gasteiger partial charge in [0.25, 0.3) is 5.56 Å². The molecule has 4 nitrogen and oxygen atoms in total. The second-order valence-electron chi connectivity index (χ2n) is 1.98. The standard InChI is InChI=1S/C7H3N3OS/c8-1-4-3-10-7(11)5(2-9)6(4)12/h3H,(H2,10,11,12). The molecule has 0 amide bonds. The second kappa shape index (κ2) is 3.12. The number of pyridine rings is 1. The molecule has 0 fully saturated rings. The molecule has 0 unspecified atom stereocenters. The minimum absolute atomic E-state index is 0.127. The highest BCUT2D eigenvalue weighted by Crippen LogP contribution is 2.12. The number of aromatic nitrogens is 1. The Kier molecular flexibility index (Phi) is 2.18. The summed E-state index contributed by atoms with van der Waals surface area (Å²) in [6.45, 7) is 0. The Morgan fingerprint density at radius 1 is 1.42 bits per heavy atom. The summed E-state index contributed by atoms with van der Waals surface area (Å²) in [7, 11) is 0. The maximum atomic E-state index is 10.9. The molecule has 1 heterocycles. The Labute approximate surface area is 73.5 Å². The summed E-state index contributed by atoms with van der Waals surface area (Å²) < 4.78 is 0. The Bertz CT molecular complexity index is 449. The van der Waals surface area contributed by atoms with Crippen molar-refractivity contribution < 1.29 is 0 Å². The van der Waals surface area contributed by atoms with E-state index in [1.807, 2.05) is 0 Å². The maximum Gasteiger partial charge on any atom is 0.267 e. The van der Waals surface area contributed by atoms with Gasteiger partial charge in [0, 0.05) is 11.1 Å². The molecule has 0 radical (unpaired) electrons. The molecule has 1 N–H and O–H groups in total. The van der Waals surface area contributed by atoms with E-state index in [1.165, 1.54) is 6.20 Å². The average molecular weight is 177 g/mol. The molecule has 1 aromatic rings. The van der Waals surface area contributed by atoms with Crippen LogP contribution < -0.4 is 5.56 Å². The zero-order valence-corrected chi connectivity index (χ0v) is 6.72. The van der Waals surface area contributed by atoms with Crippen LogP contribution in [0.25, 0.3) is 0 Å². The highest BCUT2D eigenvalue weighted by atomic mass is 32.1. The van der Waals surface area contributed by atoms with Gasteiger partial charge in [0.2, 0.25) is 0 Å². The minimum atomic E-state index is -0.526. The summed E-state index contributed by atoms with van der Waals surface area (Å²) in [5, 5.41) is 17.0. The third-order valence-electron chi connectivity index (χ3n) is 1.30. The van der Waals surface area contributed by atoms with E-state index >= 15 is 0 Å². The van der Waals surface area contributed by atoms with Crippen LogP contribution in [0, 0.1) is 22.7 Å². The van der Waals surface area contributed by atoms with Crippen LogP contribution in [-0.4, -0.2) is 4.98 Å². The quantitative estimate of drug-likeness (QED) is 0.563. The van der Waals surface area contributed by atoms with Crippen molar-refractivity contribution in [2.45, 2.75) is 4.90 Å². The summed E-state index contributed by atoms with van der Waals surface area (Å²) in [6, 6.07) is 3.47. The van der Waals surface area contributed by atoms with E-state index in [1.54, 1.807) is 12.1 Å². The van der Waals surface area contributed by atoms with Crippen LogP contribution in [0.2, 0.25) is 0 Å². The predicted octanol–water partition coefficient (Wildman–Crippen LogP) is 0.407. The monoisotopic (exact) mass is 177 g/mol. The summed E-state index contributed by atoms with van der Waals surface area (Å²) in [5.74, 6) is 0. The SMILES string of the molecule is N#Cc1c[nH]c(=O)c(C#N)c1S. The number of nitriles is 2. The number of nitrogens with one attached hydrogen (secondary N) is 1. The zero-order valence-electron chi connectivity index (χ0n) is 5.83. The summed E-state index contributed by atoms with van der Waals surface area (Å²) in [4.78, 5) is 13.3. The normalized spacial score (nSPS) is 8.58. The lowest BCUT2D eigenvalue weighted by Crippen LogP contribution is -2.11. The fourth-order valence-corrected chi connectivity index (χ4v) is 0.975. The van der Waals surface area contributed by atoms with Crippen molar-refractivity contribution in [1.29, 1.82) is 10.5 Å². The molecule has 5 heteroatoms. The first-order chi connectivity index (χ1) is 5.70. The fourth-order valence-electron chi connectivity index (χ4n) is 0.709. The van der Waals surface area contributed by atoms with Gasteiger partial charge in [0.1, 0.15) is 17.7 Å². The molecule has 0 bridgehead atoms. The van der Waals surface area contributed by atoms with Crippen molar-refractivity contribution in [3.05, 3.63) is 27.7 Å². The van der Waals surface area contributed by atoms with Crippen molar-refractivity contribution >= 4 is 12.6 Å². The molecular formula is C7H3N3OS. The van der Waals surface area contributed by atoms with E-state index in [0.717, 1.165) is 0 Å². The van der Waals surface area contributed by atoms with E-state index in [2.05, 4.69) is 17.6 Å². The molecule has 0 atom stereocenters. The van der Waals surface area contributed by atoms with E-state index in [0.29, 0.717) is 0 Å². The molecule has 1 rings (SSSR count). The first-order valence-electron chi connectivity index (χ1n) is 2.95. The molecule has 0 aromatic carbocycles. The zero-order chi connectivity index (χ0) is 9.14. The van der Waals surface area contributed by atoms with Crippen molar-refractivity contribution in [3.63, 3.8) is 0 Å². The lowest BCUT2D eigenvalue weighted by molar-refractivity contribution is 1.14. The molecule has 0 aliphatic rings. The molecule has 0 saturated heterocycles. The van der Waals surface area contributed by atoms with E-state index < -0.39 is 5.56 Å². The van der Waals surface area contributed by atoms with Gasteiger partial charge in [-0.2, -0.15) is 10.5 Å². The van der Waals surface area contributed by atoms with E-state index in [9.17, 15) is 4.79 Å². The Balaban J connectivity index is 3.61. The van der Waals surface area contributed by atoms with Crippen LogP contribution in [0.1, 0.15) is 11.1 Å². The van der Waals surface area contributed by atoms with Crippen LogP contribution in [0.15, 0.2) is 15.9 Å². The third-order valence-corrected chi connectivity index (χ3v) is 1.76. The maximum absolute atomic E-state index is 10.9. The molecule has 12 heavy (non-hydrogen) atoms. The van der Waals surface area contributed by atoms with Crippen LogP contribution in [0.4, 0.5) is 0 Å². The number of rotatable bonds is 0. The fraction of sp³-hybridized carbons (Fsp3) is 0. The lowest BCUT2D eigenvalue weighted by Gasteiger charge is -1.95. The smallest absolute Gasteiger partial charge is 0.267 e. The Hall–Kier alpha value is -1.72. The first-order valence-corrected chi connectivity index (χ1v) is 3.40. The van der Waals surface area contributed by atoms with Crippen molar-refractivity contribution in [2.75, 3.05) is 0 Å². The molecule has 0 aliphatic carbocycles. The summed E-state index contributed by atoms with van der Waals surface area (Å²) in [6.07, 6.45) is 1.23. The molecule has 0 aliphatic heterocycles. The highest BCUT2D eigenvalue weighted by Gasteiger charge is 2.07. The Morgan fingerprint density at radius 3 is 2.58 bits per heavy atom. The minimum Gasteiger partial charge on any atom is -0.327 e. The molecule has 1 aromatic heterocycles. The number of hydrogen-bond acceptors (Lipinski definition) is 4. The van der Waals surface area contributed by atoms with Crippen LogP contribution in [0.3, 0.4) is 0 Å². The van der Waals surface area contributed by atoms with Gasteiger partial charge >= 0.3 is 0 Å². The first kappa shape index (κ1) is 8.38. The number of H-pyrrole nitrogens is 1. The predicted molar refractivity (Wildman–Crippen MR) is 43.7 cm³/mol. The van der Waals surface area contributed by atoms with Gasteiger partial charge in [-0.25, -0.2) is 0 Å². The van der Waals surface area contributed by atoms with Gasteiger partial charge in [0.15, 0.2) is 0 Å². The molecule has 58 valence electrons. The van der Waals surface area contributed by atoms with Crippen molar-refractivity contribution in [2.24, 2.45) is 0 Å². The van der Waals surface area contributed by atoms with Crippen molar-refractivity contribution in [3.8, 4) is 12.1 Å². The van der Waals surface area contributed by atoms with E-state index in [-0.39, 0.29) is 16.0 Å². The number of nitrogens with zero attached hydrogens (tertiary/aromatic N) is 2. The largest absolute Gasteiger partial charge is 0.327 e. The summed E-state index contributed by atoms with van der Waals surface area (Å²) >= 11 is 3.88. The van der Waals surface area contributed by atoms with Crippen LogP contribution >= 0.6 is 12.6 Å². The van der Waals surface area contributed by atoms with Gasteiger partial charge in [-0.1, -0.05) is 0 Å². The van der Waals surface area contributed by atoms with Gasteiger partial charge in [-0.15, -0.1) is 12.6 Å². The number of thiol groups is 1. The van der Waals surface area contributed by atoms with Gasteiger partial charge < -0.3 is 4.98 Å². The molecule has 0 saturated carbocycles. The number of hydrogen-bond donors (Lipinski definition) is 2. The Morgan fingerprint density at radius 2 is 2.08 bits per heavy atom.